The third-order valence-electron chi connectivity index (χ3n) is 4.02. The average molecular weight is 395 g/mol. The predicted molar refractivity (Wildman–Crippen MR) is 106 cm³/mol. The molecule has 1 amide bonds. The van der Waals surface area contributed by atoms with Gasteiger partial charge in [0.25, 0.3) is 5.91 Å². The summed E-state index contributed by atoms with van der Waals surface area (Å²) in [4.78, 5) is 35.8. The number of hydrogen-bond acceptors (Lipinski definition) is 5. The first-order valence-electron chi connectivity index (χ1n) is 8.94. The zero-order valence-corrected chi connectivity index (χ0v) is 15.4. The zero-order valence-electron chi connectivity index (χ0n) is 15.4. The second kappa shape index (κ2) is 9.45. The van der Waals surface area contributed by atoms with Gasteiger partial charge in [-0.05, 0) is 42.3 Å². The normalized spacial score (nSPS) is 10.9. The fraction of sp³-hybridized carbons (Fsp3) is 0.136. The first-order valence-corrected chi connectivity index (χ1v) is 8.94. The minimum atomic E-state index is -0.710. The van der Waals surface area contributed by atoms with E-state index in [0.29, 0.717) is 23.0 Å². The number of nitrogens with one attached hydrogen (secondary N) is 1. The molecule has 6 nitrogen and oxygen atoms in total. The van der Waals surface area contributed by atoms with Gasteiger partial charge in [0.05, 0.1) is 6.61 Å². The second-order valence-corrected chi connectivity index (χ2v) is 6.15. The van der Waals surface area contributed by atoms with Gasteiger partial charge in [-0.1, -0.05) is 30.3 Å². The Balaban J connectivity index is 1.43. The standard InChI is InChI=1S/C22H18FNO5/c23-17-9-6-15(7-10-17)8-11-20(25)28-13-3-12-24-21(26)18-14-16-4-1-2-5-19(16)29-22(18)27/h1-2,4-11,14H,3,12-13H2,(H,24,26)/b11-8+. The molecule has 0 aliphatic carbocycles. The Morgan fingerprint density at radius 2 is 1.86 bits per heavy atom. The quantitative estimate of drug-likeness (QED) is 0.287. The third-order valence-corrected chi connectivity index (χ3v) is 4.02. The van der Waals surface area contributed by atoms with Gasteiger partial charge in [-0.15, -0.1) is 0 Å². The van der Waals surface area contributed by atoms with E-state index < -0.39 is 17.5 Å². The molecule has 0 saturated carbocycles. The number of para-hydroxylation sites is 1. The van der Waals surface area contributed by atoms with Crippen LogP contribution in [0, 0.1) is 5.82 Å². The van der Waals surface area contributed by atoms with E-state index >= 15 is 0 Å². The lowest BCUT2D eigenvalue weighted by Crippen LogP contribution is -2.29. The van der Waals surface area contributed by atoms with E-state index in [9.17, 15) is 18.8 Å². The van der Waals surface area contributed by atoms with Crippen molar-refractivity contribution in [1.82, 2.24) is 5.32 Å². The molecule has 1 aromatic heterocycles. The number of hydrogen-bond donors (Lipinski definition) is 1. The molecular weight excluding hydrogens is 377 g/mol. The van der Waals surface area contributed by atoms with Crippen LogP contribution in [0.3, 0.4) is 0 Å². The minimum Gasteiger partial charge on any atom is -0.462 e. The molecule has 0 aliphatic heterocycles. The minimum absolute atomic E-state index is 0.0806. The average Bonchev–Trinajstić information content (AvgIpc) is 2.72. The third kappa shape index (κ3) is 5.62. The van der Waals surface area contributed by atoms with Gasteiger partial charge >= 0.3 is 11.6 Å². The van der Waals surface area contributed by atoms with Crippen molar-refractivity contribution < 1.29 is 23.1 Å². The second-order valence-electron chi connectivity index (χ2n) is 6.15. The van der Waals surface area contributed by atoms with Crippen LogP contribution in [0.5, 0.6) is 0 Å². The molecule has 29 heavy (non-hydrogen) atoms. The molecule has 0 atom stereocenters. The summed E-state index contributed by atoms with van der Waals surface area (Å²) in [5.74, 6) is -1.45. The molecule has 0 fully saturated rings. The van der Waals surface area contributed by atoms with Gasteiger partial charge in [-0.25, -0.2) is 14.0 Å². The van der Waals surface area contributed by atoms with Crippen LogP contribution in [0.25, 0.3) is 17.0 Å². The number of esters is 1. The highest BCUT2D eigenvalue weighted by Crippen LogP contribution is 2.12. The van der Waals surface area contributed by atoms with E-state index in [1.54, 1.807) is 24.3 Å². The maximum Gasteiger partial charge on any atom is 0.349 e. The molecular formula is C22H18FNO5. The Morgan fingerprint density at radius 1 is 1.10 bits per heavy atom. The fourth-order valence-corrected chi connectivity index (χ4v) is 2.55. The zero-order chi connectivity index (χ0) is 20.6. The Kier molecular flexibility index (Phi) is 6.52. The lowest BCUT2D eigenvalue weighted by atomic mass is 10.2. The van der Waals surface area contributed by atoms with Crippen molar-refractivity contribution in [3.05, 3.63) is 88.0 Å². The van der Waals surface area contributed by atoms with E-state index in [-0.39, 0.29) is 24.5 Å². The van der Waals surface area contributed by atoms with E-state index in [0.717, 1.165) is 0 Å². The molecule has 0 spiro atoms. The summed E-state index contributed by atoms with van der Waals surface area (Å²) in [5, 5.41) is 3.25. The van der Waals surface area contributed by atoms with E-state index in [1.165, 1.54) is 42.5 Å². The van der Waals surface area contributed by atoms with Crippen molar-refractivity contribution >= 4 is 28.9 Å². The van der Waals surface area contributed by atoms with Crippen LogP contribution < -0.4 is 10.9 Å². The number of fused-ring (bicyclic) bond motifs is 1. The Morgan fingerprint density at radius 3 is 2.66 bits per heavy atom. The van der Waals surface area contributed by atoms with Crippen molar-refractivity contribution in [2.45, 2.75) is 6.42 Å². The molecule has 148 valence electrons. The molecule has 3 aromatic rings. The molecule has 1 N–H and O–H groups in total. The molecule has 0 aliphatic rings. The Hall–Kier alpha value is -3.74. The van der Waals surface area contributed by atoms with Crippen LogP contribution in [0.4, 0.5) is 4.39 Å². The monoisotopic (exact) mass is 395 g/mol. The predicted octanol–water partition coefficient (Wildman–Crippen LogP) is 3.31. The number of halogens is 1. The number of rotatable bonds is 7. The van der Waals surface area contributed by atoms with E-state index in [2.05, 4.69) is 5.32 Å². The van der Waals surface area contributed by atoms with Crippen molar-refractivity contribution in [3.63, 3.8) is 0 Å². The summed E-state index contributed by atoms with van der Waals surface area (Å²) in [7, 11) is 0. The number of benzene rings is 2. The Bertz CT molecular complexity index is 1100. The van der Waals surface area contributed by atoms with E-state index in [1.807, 2.05) is 0 Å². The van der Waals surface area contributed by atoms with Crippen LogP contribution in [-0.4, -0.2) is 25.0 Å². The summed E-state index contributed by atoms with van der Waals surface area (Å²) in [6.45, 7) is 0.319. The van der Waals surface area contributed by atoms with Gasteiger partial charge in [-0.2, -0.15) is 0 Å². The van der Waals surface area contributed by atoms with Gasteiger partial charge in [-0.3, -0.25) is 4.79 Å². The summed E-state index contributed by atoms with van der Waals surface area (Å²) >= 11 is 0. The summed E-state index contributed by atoms with van der Waals surface area (Å²) < 4.78 is 23.0. The largest absolute Gasteiger partial charge is 0.462 e. The maximum absolute atomic E-state index is 12.8. The van der Waals surface area contributed by atoms with Gasteiger partial charge in [0, 0.05) is 18.0 Å². The summed E-state index contributed by atoms with van der Waals surface area (Å²) in [5.41, 5.74) is 0.293. The van der Waals surface area contributed by atoms with Crippen LogP contribution >= 0.6 is 0 Å². The lowest BCUT2D eigenvalue weighted by molar-refractivity contribution is -0.137. The Labute approximate surface area is 165 Å². The van der Waals surface area contributed by atoms with Crippen molar-refractivity contribution in [3.8, 4) is 0 Å². The molecule has 0 bridgehead atoms. The van der Waals surface area contributed by atoms with Crippen LogP contribution in [-0.2, 0) is 9.53 Å². The molecule has 3 rings (SSSR count). The first kappa shape index (κ1) is 20.0. The topological polar surface area (TPSA) is 85.6 Å². The highest BCUT2D eigenvalue weighted by molar-refractivity contribution is 5.96. The van der Waals surface area contributed by atoms with Crippen LogP contribution in [0.2, 0.25) is 0 Å². The number of carbonyl (C=O) groups excluding carboxylic acids is 2. The van der Waals surface area contributed by atoms with Gasteiger partial charge in [0.1, 0.15) is 17.0 Å². The molecule has 7 heteroatoms. The summed E-state index contributed by atoms with van der Waals surface area (Å²) in [6.07, 6.45) is 3.13. The van der Waals surface area contributed by atoms with Gasteiger partial charge in [0.15, 0.2) is 0 Å². The van der Waals surface area contributed by atoms with E-state index in [4.69, 9.17) is 9.15 Å². The van der Waals surface area contributed by atoms with Gasteiger partial charge in [0.2, 0.25) is 0 Å². The molecule has 0 radical (unpaired) electrons. The van der Waals surface area contributed by atoms with Gasteiger partial charge < -0.3 is 14.5 Å². The molecule has 0 unspecified atom stereocenters. The smallest absolute Gasteiger partial charge is 0.349 e. The van der Waals surface area contributed by atoms with Crippen molar-refractivity contribution in [2.75, 3.05) is 13.2 Å². The van der Waals surface area contributed by atoms with Crippen molar-refractivity contribution in [2.24, 2.45) is 0 Å². The highest BCUT2D eigenvalue weighted by Gasteiger charge is 2.13. The number of amides is 1. The summed E-state index contributed by atoms with van der Waals surface area (Å²) in [6, 6.07) is 14.1. The lowest BCUT2D eigenvalue weighted by Gasteiger charge is -2.05. The number of carbonyl (C=O) groups is 2. The van der Waals surface area contributed by atoms with Crippen molar-refractivity contribution in [1.29, 1.82) is 0 Å². The molecule has 2 aromatic carbocycles. The fourth-order valence-electron chi connectivity index (χ4n) is 2.55. The maximum atomic E-state index is 12.8. The van der Waals surface area contributed by atoms with Crippen LogP contribution in [0.15, 0.2) is 69.9 Å². The highest BCUT2D eigenvalue weighted by atomic mass is 19.1. The number of ether oxygens (including phenoxy) is 1. The molecule has 0 saturated heterocycles. The first-order chi connectivity index (χ1) is 14.0. The molecule has 1 heterocycles. The van der Waals surface area contributed by atoms with Crippen LogP contribution in [0.1, 0.15) is 22.3 Å². The SMILES string of the molecule is O=C(/C=C/c1ccc(F)cc1)OCCCNC(=O)c1cc2ccccc2oc1=O.